The first kappa shape index (κ1) is 19.4. The van der Waals surface area contributed by atoms with Gasteiger partial charge >= 0.3 is 12.1 Å². The molecule has 1 N–H and O–H groups in total. The summed E-state index contributed by atoms with van der Waals surface area (Å²) in [5, 5.41) is 1.93. The first-order valence-corrected chi connectivity index (χ1v) is 8.20. The molecule has 0 spiro atoms. The number of imide groups is 1. The molecule has 8 heteroatoms. The van der Waals surface area contributed by atoms with Crippen LogP contribution in [0.5, 0.6) is 0 Å². The van der Waals surface area contributed by atoms with Crippen LogP contribution in [0.3, 0.4) is 0 Å². The molecular formula is C18H22N2O6. The summed E-state index contributed by atoms with van der Waals surface area (Å²) in [6.07, 6.45) is -2.10. The number of amides is 3. The third kappa shape index (κ3) is 4.19. The topological polar surface area (TPSA) is 102 Å². The molecule has 1 aromatic rings. The molecule has 26 heavy (non-hydrogen) atoms. The number of hydrogen-bond donors (Lipinski definition) is 1. The second-order valence-electron chi connectivity index (χ2n) is 6.18. The number of hydrogen-bond acceptors (Lipinski definition) is 6. The fraction of sp³-hybridized carbons (Fsp3) is 0.444. The highest BCUT2D eigenvalue weighted by Gasteiger charge is 2.38. The zero-order valence-corrected chi connectivity index (χ0v) is 15.2. The van der Waals surface area contributed by atoms with Gasteiger partial charge in [0.15, 0.2) is 6.10 Å². The van der Waals surface area contributed by atoms with Gasteiger partial charge in [0.05, 0.1) is 13.0 Å². The molecule has 1 fully saturated rings. The second-order valence-corrected chi connectivity index (χ2v) is 6.18. The predicted molar refractivity (Wildman–Crippen MR) is 92.5 cm³/mol. The zero-order chi connectivity index (χ0) is 19.4. The minimum absolute atomic E-state index is 0.0115. The van der Waals surface area contributed by atoms with Crippen molar-refractivity contribution in [3.63, 3.8) is 0 Å². The van der Waals surface area contributed by atoms with Crippen molar-refractivity contribution < 1.29 is 28.7 Å². The van der Waals surface area contributed by atoms with Gasteiger partial charge in [-0.05, 0) is 38.0 Å². The summed E-state index contributed by atoms with van der Waals surface area (Å²) in [6.45, 7) is 5.40. The minimum atomic E-state index is -1.17. The number of methoxy groups -OCH3 is 1. The first-order valence-electron chi connectivity index (χ1n) is 8.20. The minimum Gasteiger partial charge on any atom is -0.453 e. The van der Waals surface area contributed by atoms with Gasteiger partial charge in [0.1, 0.15) is 0 Å². The van der Waals surface area contributed by atoms with Crippen LogP contribution in [-0.4, -0.2) is 43.6 Å². The van der Waals surface area contributed by atoms with Crippen molar-refractivity contribution in [2.24, 2.45) is 5.92 Å². The van der Waals surface area contributed by atoms with E-state index in [0.717, 1.165) is 23.9 Å². The smallest absolute Gasteiger partial charge is 0.413 e. The maximum absolute atomic E-state index is 12.3. The molecule has 140 valence electrons. The summed E-state index contributed by atoms with van der Waals surface area (Å²) < 4.78 is 9.40. The molecule has 8 nitrogen and oxygen atoms in total. The Morgan fingerprint density at radius 2 is 1.96 bits per heavy atom. The Labute approximate surface area is 151 Å². The van der Waals surface area contributed by atoms with E-state index in [1.165, 1.54) is 6.92 Å². The molecule has 2 rings (SSSR count). The van der Waals surface area contributed by atoms with Gasteiger partial charge in [0, 0.05) is 18.7 Å². The van der Waals surface area contributed by atoms with Crippen LogP contribution in [0.1, 0.15) is 24.5 Å². The van der Waals surface area contributed by atoms with Gasteiger partial charge in [-0.1, -0.05) is 12.1 Å². The maximum Gasteiger partial charge on any atom is 0.413 e. The van der Waals surface area contributed by atoms with E-state index in [1.54, 1.807) is 4.90 Å². The molecule has 2 atom stereocenters. The van der Waals surface area contributed by atoms with E-state index in [-0.39, 0.29) is 18.9 Å². The number of anilines is 1. The highest BCUT2D eigenvalue weighted by Crippen LogP contribution is 2.30. The second kappa shape index (κ2) is 7.99. The van der Waals surface area contributed by atoms with E-state index < -0.39 is 30.0 Å². The lowest BCUT2D eigenvalue weighted by molar-refractivity contribution is -0.158. The molecule has 0 aliphatic carbocycles. The number of rotatable bonds is 4. The summed E-state index contributed by atoms with van der Waals surface area (Å²) in [6, 6.07) is 5.64. The first-order chi connectivity index (χ1) is 12.2. The molecular weight excluding hydrogens is 340 g/mol. The summed E-state index contributed by atoms with van der Waals surface area (Å²) in [5.41, 5.74) is 2.79. The van der Waals surface area contributed by atoms with Crippen molar-refractivity contribution in [2.45, 2.75) is 33.3 Å². The lowest BCUT2D eigenvalue weighted by Crippen LogP contribution is -2.40. The maximum atomic E-state index is 12.3. The van der Waals surface area contributed by atoms with Crippen LogP contribution in [0.25, 0.3) is 0 Å². The van der Waals surface area contributed by atoms with Crippen LogP contribution in [0.15, 0.2) is 18.2 Å². The number of nitrogens with one attached hydrogen (secondary N) is 1. The number of ether oxygens (including phenoxy) is 2. The lowest BCUT2D eigenvalue weighted by atomic mass is 10.1. The van der Waals surface area contributed by atoms with E-state index >= 15 is 0 Å². The lowest BCUT2D eigenvalue weighted by Gasteiger charge is -2.20. The predicted octanol–water partition coefficient (Wildman–Crippen LogP) is 1.47. The van der Waals surface area contributed by atoms with Crippen molar-refractivity contribution in [3.05, 3.63) is 29.3 Å². The molecule has 0 unspecified atom stereocenters. The summed E-state index contributed by atoms with van der Waals surface area (Å²) in [5.74, 6) is -2.29. The van der Waals surface area contributed by atoms with Gasteiger partial charge in [-0.15, -0.1) is 0 Å². The van der Waals surface area contributed by atoms with Crippen molar-refractivity contribution >= 4 is 29.6 Å². The number of esters is 1. The zero-order valence-electron chi connectivity index (χ0n) is 15.2. The molecule has 1 aliphatic rings. The van der Waals surface area contributed by atoms with E-state index in [9.17, 15) is 19.2 Å². The van der Waals surface area contributed by atoms with Crippen molar-refractivity contribution in [1.82, 2.24) is 5.32 Å². The van der Waals surface area contributed by atoms with Gasteiger partial charge < -0.3 is 14.4 Å². The monoisotopic (exact) mass is 362 g/mol. The van der Waals surface area contributed by atoms with E-state index in [1.807, 2.05) is 37.4 Å². The average Bonchev–Trinajstić information content (AvgIpc) is 2.98. The largest absolute Gasteiger partial charge is 0.453 e. The Balaban J connectivity index is 2.01. The highest BCUT2D eigenvalue weighted by molar-refractivity contribution is 6.00. The number of carbonyl (C=O) groups is 4. The van der Waals surface area contributed by atoms with Crippen LogP contribution in [0.2, 0.25) is 0 Å². The third-order valence-corrected chi connectivity index (χ3v) is 4.40. The Bertz CT molecular complexity index is 745. The quantitative estimate of drug-likeness (QED) is 0.814. The molecule has 3 amide bonds. The molecule has 1 aromatic carbocycles. The van der Waals surface area contributed by atoms with Gasteiger partial charge in [-0.25, -0.2) is 4.79 Å². The van der Waals surface area contributed by atoms with E-state index in [4.69, 9.17) is 4.74 Å². The van der Waals surface area contributed by atoms with Crippen LogP contribution >= 0.6 is 0 Å². The Morgan fingerprint density at radius 1 is 1.27 bits per heavy atom. The van der Waals surface area contributed by atoms with E-state index in [2.05, 4.69) is 4.74 Å². The van der Waals surface area contributed by atoms with E-state index in [0.29, 0.717) is 0 Å². The normalized spacial score (nSPS) is 17.6. The standard InChI is InChI=1S/C18H22N2O6/c1-10-6-5-7-14(11(10)2)20-9-13(8-15(20)21)17(23)26-12(3)16(22)19-18(24)25-4/h5-7,12-13H,8-9H2,1-4H3,(H,19,22,24)/t12-,13+/m0/s1. The molecule has 1 heterocycles. The SMILES string of the molecule is COC(=O)NC(=O)[C@H](C)OC(=O)[C@@H]1CC(=O)N(c2cccc(C)c2C)C1. The summed E-state index contributed by atoms with van der Waals surface area (Å²) >= 11 is 0. The number of nitrogens with zero attached hydrogens (tertiary/aromatic N) is 1. The average molecular weight is 362 g/mol. The number of aryl methyl sites for hydroxylation is 1. The van der Waals surface area contributed by atoms with Crippen molar-refractivity contribution in [1.29, 1.82) is 0 Å². The number of carbonyl (C=O) groups excluding carboxylic acids is 4. The number of alkyl carbamates (subject to hydrolysis) is 1. The molecule has 1 saturated heterocycles. The Morgan fingerprint density at radius 3 is 2.62 bits per heavy atom. The van der Waals surface area contributed by atoms with Gasteiger partial charge in [-0.2, -0.15) is 0 Å². The van der Waals surface area contributed by atoms with Crippen LogP contribution in [0.4, 0.5) is 10.5 Å². The van der Waals surface area contributed by atoms with Crippen molar-refractivity contribution in [3.8, 4) is 0 Å². The van der Waals surface area contributed by atoms with Gasteiger partial charge in [0.25, 0.3) is 5.91 Å². The van der Waals surface area contributed by atoms with Crippen LogP contribution in [-0.2, 0) is 23.9 Å². The molecule has 0 saturated carbocycles. The molecule has 0 aromatic heterocycles. The van der Waals surface area contributed by atoms with Gasteiger partial charge in [0.2, 0.25) is 5.91 Å². The highest BCUT2D eigenvalue weighted by atomic mass is 16.6. The molecule has 1 aliphatic heterocycles. The fourth-order valence-corrected chi connectivity index (χ4v) is 2.70. The van der Waals surface area contributed by atoms with Crippen molar-refractivity contribution in [2.75, 3.05) is 18.6 Å². The molecule has 0 bridgehead atoms. The fourth-order valence-electron chi connectivity index (χ4n) is 2.70. The van der Waals surface area contributed by atoms with Crippen LogP contribution < -0.4 is 10.2 Å². The molecule has 0 radical (unpaired) electrons. The van der Waals surface area contributed by atoms with Gasteiger partial charge in [-0.3, -0.25) is 19.7 Å². The third-order valence-electron chi connectivity index (χ3n) is 4.40. The Kier molecular flexibility index (Phi) is 5.97. The summed E-state index contributed by atoms with van der Waals surface area (Å²) in [7, 11) is 1.12. The Hall–Kier alpha value is -2.90. The summed E-state index contributed by atoms with van der Waals surface area (Å²) in [4.78, 5) is 48.9. The number of benzene rings is 1. The van der Waals surface area contributed by atoms with Crippen LogP contribution in [0, 0.1) is 19.8 Å².